The van der Waals surface area contributed by atoms with E-state index in [4.69, 9.17) is 0 Å². The second-order valence-corrected chi connectivity index (χ2v) is 6.09. The van der Waals surface area contributed by atoms with E-state index in [-0.39, 0.29) is 30.0 Å². The summed E-state index contributed by atoms with van der Waals surface area (Å²) in [5, 5.41) is 2.82. The lowest BCUT2D eigenvalue weighted by Gasteiger charge is -2.17. The van der Waals surface area contributed by atoms with Crippen molar-refractivity contribution >= 4 is 17.5 Å². The summed E-state index contributed by atoms with van der Waals surface area (Å²) in [6.07, 6.45) is 0.212. The summed E-state index contributed by atoms with van der Waals surface area (Å²) in [5.74, 6) is -0.857. The van der Waals surface area contributed by atoms with E-state index in [1.165, 1.54) is 12.1 Å². The Morgan fingerprint density at radius 3 is 2.71 bits per heavy atom. The minimum atomic E-state index is -0.363. The zero-order valence-electron chi connectivity index (χ0n) is 13.5. The number of nitrogens with one attached hydrogen (secondary N) is 1. The Balaban J connectivity index is 1.60. The molecular weight excluding hydrogens is 307 g/mol. The summed E-state index contributed by atoms with van der Waals surface area (Å²) >= 11 is 0. The van der Waals surface area contributed by atoms with Crippen molar-refractivity contribution in [3.05, 3.63) is 65.5 Å². The molecule has 0 aromatic heterocycles. The monoisotopic (exact) mass is 326 g/mol. The van der Waals surface area contributed by atoms with Crippen LogP contribution in [-0.4, -0.2) is 18.4 Å². The second kappa shape index (κ2) is 6.83. The molecule has 1 heterocycles. The van der Waals surface area contributed by atoms with Crippen molar-refractivity contribution in [2.45, 2.75) is 19.9 Å². The smallest absolute Gasteiger partial charge is 0.227 e. The summed E-state index contributed by atoms with van der Waals surface area (Å²) in [6.45, 7) is 2.68. The SMILES string of the molecule is Cc1cccc(N2CC(C(=O)NCc3ccc(F)cc3)CC2=O)c1. The van der Waals surface area contributed by atoms with Crippen LogP contribution in [0.1, 0.15) is 17.5 Å². The first-order valence-electron chi connectivity index (χ1n) is 7.92. The van der Waals surface area contributed by atoms with Crippen LogP contribution in [0.15, 0.2) is 48.5 Å². The van der Waals surface area contributed by atoms with E-state index in [1.807, 2.05) is 31.2 Å². The number of amides is 2. The number of aryl methyl sites for hydroxylation is 1. The molecule has 24 heavy (non-hydrogen) atoms. The van der Waals surface area contributed by atoms with Crippen molar-refractivity contribution in [2.24, 2.45) is 5.92 Å². The van der Waals surface area contributed by atoms with E-state index in [2.05, 4.69) is 5.32 Å². The van der Waals surface area contributed by atoms with Crippen LogP contribution in [0.2, 0.25) is 0 Å². The van der Waals surface area contributed by atoms with Gasteiger partial charge in [0.25, 0.3) is 0 Å². The highest BCUT2D eigenvalue weighted by Gasteiger charge is 2.34. The zero-order valence-corrected chi connectivity index (χ0v) is 13.5. The Kier molecular flexibility index (Phi) is 4.60. The highest BCUT2D eigenvalue weighted by Crippen LogP contribution is 2.25. The lowest BCUT2D eigenvalue weighted by Crippen LogP contribution is -2.32. The molecule has 1 saturated heterocycles. The summed E-state index contributed by atoms with van der Waals surface area (Å²) in [5.41, 5.74) is 2.72. The van der Waals surface area contributed by atoms with Gasteiger partial charge in [-0.15, -0.1) is 0 Å². The molecule has 5 heteroatoms. The molecule has 1 atom stereocenters. The third-order valence-electron chi connectivity index (χ3n) is 4.19. The van der Waals surface area contributed by atoms with Crippen LogP contribution in [0.3, 0.4) is 0 Å². The molecule has 1 unspecified atom stereocenters. The van der Waals surface area contributed by atoms with Crippen molar-refractivity contribution < 1.29 is 14.0 Å². The van der Waals surface area contributed by atoms with Gasteiger partial charge in [0, 0.05) is 25.2 Å². The van der Waals surface area contributed by atoms with E-state index >= 15 is 0 Å². The third kappa shape index (κ3) is 3.62. The fourth-order valence-corrected chi connectivity index (χ4v) is 2.86. The molecule has 1 fully saturated rings. The first kappa shape index (κ1) is 16.2. The van der Waals surface area contributed by atoms with Gasteiger partial charge in [0.05, 0.1) is 5.92 Å². The summed E-state index contributed by atoms with van der Waals surface area (Å²) in [4.78, 5) is 26.2. The molecule has 0 spiro atoms. The molecule has 2 aromatic rings. The number of rotatable bonds is 4. The van der Waals surface area contributed by atoms with Gasteiger partial charge in [-0.1, -0.05) is 24.3 Å². The van der Waals surface area contributed by atoms with Gasteiger partial charge in [-0.05, 0) is 42.3 Å². The van der Waals surface area contributed by atoms with E-state index < -0.39 is 0 Å². The van der Waals surface area contributed by atoms with Crippen LogP contribution >= 0.6 is 0 Å². The van der Waals surface area contributed by atoms with Gasteiger partial charge >= 0.3 is 0 Å². The highest BCUT2D eigenvalue weighted by molar-refractivity contribution is 6.00. The maximum absolute atomic E-state index is 12.9. The van der Waals surface area contributed by atoms with E-state index in [0.29, 0.717) is 13.1 Å². The van der Waals surface area contributed by atoms with Crippen molar-refractivity contribution in [1.82, 2.24) is 5.32 Å². The number of nitrogens with zero attached hydrogens (tertiary/aromatic N) is 1. The molecule has 0 radical (unpaired) electrons. The summed E-state index contributed by atoms with van der Waals surface area (Å²) in [6, 6.07) is 13.7. The van der Waals surface area contributed by atoms with Gasteiger partial charge in [0.2, 0.25) is 11.8 Å². The average molecular weight is 326 g/mol. The number of benzene rings is 2. The Labute approximate surface area is 140 Å². The lowest BCUT2D eigenvalue weighted by molar-refractivity contribution is -0.126. The molecule has 2 amide bonds. The summed E-state index contributed by atoms with van der Waals surface area (Å²) < 4.78 is 12.9. The third-order valence-corrected chi connectivity index (χ3v) is 4.19. The minimum absolute atomic E-state index is 0.0393. The molecule has 1 aliphatic rings. The molecule has 1 aliphatic heterocycles. The number of carbonyl (C=O) groups is 2. The normalized spacial score (nSPS) is 17.2. The molecule has 1 N–H and O–H groups in total. The van der Waals surface area contributed by atoms with Gasteiger partial charge in [-0.2, -0.15) is 0 Å². The first-order valence-corrected chi connectivity index (χ1v) is 7.92. The van der Waals surface area contributed by atoms with Gasteiger partial charge in [-0.3, -0.25) is 9.59 Å². The Bertz CT molecular complexity index is 758. The molecule has 0 saturated carbocycles. The van der Waals surface area contributed by atoms with Gasteiger partial charge in [0.1, 0.15) is 5.82 Å². The Morgan fingerprint density at radius 1 is 1.25 bits per heavy atom. The minimum Gasteiger partial charge on any atom is -0.352 e. The van der Waals surface area contributed by atoms with E-state index in [9.17, 15) is 14.0 Å². The molecule has 4 nitrogen and oxygen atoms in total. The highest BCUT2D eigenvalue weighted by atomic mass is 19.1. The topological polar surface area (TPSA) is 49.4 Å². The maximum Gasteiger partial charge on any atom is 0.227 e. The van der Waals surface area contributed by atoms with E-state index in [0.717, 1.165) is 16.8 Å². The van der Waals surface area contributed by atoms with Crippen molar-refractivity contribution in [3.8, 4) is 0 Å². The average Bonchev–Trinajstić information content (AvgIpc) is 2.96. The number of halogens is 1. The fourth-order valence-electron chi connectivity index (χ4n) is 2.86. The van der Waals surface area contributed by atoms with Gasteiger partial charge < -0.3 is 10.2 Å². The number of hydrogen-bond acceptors (Lipinski definition) is 2. The molecule has 0 bridgehead atoms. The van der Waals surface area contributed by atoms with Crippen molar-refractivity contribution in [3.63, 3.8) is 0 Å². The quantitative estimate of drug-likeness (QED) is 0.939. The van der Waals surface area contributed by atoms with Crippen LogP contribution in [0.5, 0.6) is 0 Å². The predicted octanol–water partition coefficient (Wildman–Crippen LogP) is 2.80. The molecule has 0 aliphatic carbocycles. The van der Waals surface area contributed by atoms with Crippen LogP contribution in [-0.2, 0) is 16.1 Å². The molecule has 3 rings (SSSR count). The van der Waals surface area contributed by atoms with Crippen LogP contribution in [0.4, 0.5) is 10.1 Å². The van der Waals surface area contributed by atoms with Crippen LogP contribution in [0.25, 0.3) is 0 Å². The number of anilines is 1. The first-order chi connectivity index (χ1) is 11.5. The fraction of sp³-hybridized carbons (Fsp3) is 0.263. The van der Waals surface area contributed by atoms with Crippen LogP contribution in [0, 0.1) is 18.7 Å². The zero-order chi connectivity index (χ0) is 17.1. The largest absolute Gasteiger partial charge is 0.352 e. The standard InChI is InChI=1S/C19H19FN2O2/c1-13-3-2-4-17(9-13)22-12-15(10-18(22)23)19(24)21-11-14-5-7-16(20)8-6-14/h2-9,15H,10-12H2,1H3,(H,21,24). The Morgan fingerprint density at radius 2 is 2.00 bits per heavy atom. The van der Waals surface area contributed by atoms with Crippen molar-refractivity contribution in [2.75, 3.05) is 11.4 Å². The maximum atomic E-state index is 12.9. The lowest BCUT2D eigenvalue weighted by atomic mass is 10.1. The van der Waals surface area contributed by atoms with Crippen molar-refractivity contribution in [1.29, 1.82) is 0 Å². The van der Waals surface area contributed by atoms with Gasteiger partial charge in [-0.25, -0.2) is 4.39 Å². The predicted molar refractivity (Wildman–Crippen MR) is 89.9 cm³/mol. The molecular formula is C19H19FN2O2. The Hall–Kier alpha value is -2.69. The molecule has 124 valence electrons. The second-order valence-electron chi connectivity index (χ2n) is 6.09. The van der Waals surface area contributed by atoms with Crippen LogP contribution < -0.4 is 10.2 Å². The van der Waals surface area contributed by atoms with Gasteiger partial charge in [0.15, 0.2) is 0 Å². The number of hydrogen-bond donors (Lipinski definition) is 1. The number of carbonyl (C=O) groups excluding carboxylic acids is 2. The summed E-state index contributed by atoms with van der Waals surface area (Å²) in [7, 11) is 0. The molecule has 2 aromatic carbocycles. The van der Waals surface area contributed by atoms with E-state index in [1.54, 1.807) is 17.0 Å².